The summed E-state index contributed by atoms with van der Waals surface area (Å²) in [6.45, 7) is 1.95. The summed E-state index contributed by atoms with van der Waals surface area (Å²) in [5, 5.41) is 10.3. The van der Waals surface area contributed by atoms with Gasteiger partial charge in [0.2, 0.25) is 11.8 Å². The number of fused-ring (bicyclic) bond motifs is 2. The summed E-state index contributed by atoms with van der Waals surface area (Å²) in [5.41, 5.74) is 1.16. The van der Waals surface area contributed by atoms with Gasteiger partial charge in [0.15, 0.2) is 0 Å². The number of phenols is 1. The molecule has 0 spiro atoms. The number of amides is 2. The SMILES string of the molecule is CCOC(=O)c1ccc(N2C(=O)C3Sc4[nH]c(=O)sc4C(c4ccccc4O)C3C2=O)cc1. The highest BCUT2D eigenvalue weighted by Gasteiger charge is 2.56. The number of nitrogens with one attached hydrogen (secondary N) is 1. The Morgan fingerprint density at radius 3 is 2.52 bits per heavy atom. The first kappa shape index (κ1) is 21.5. The van der Waals surface area contributed by atoms with Crippen molar-refractivity contribution in [2.45, 2.75) is 23.1 Å². The lowest BCUT2D eigenvalue weighted by atomic mass is 9.82. The van der Waals surface area contributed by atoms with Crippen molar-refractivity contribution in [1.82, 2.24) is 4.98 Å². The number of carbonyl (C=O) groups excluding carboxylic acids is 3. The van der Waals surface area contributed by atoms with Gasteiger partial charge in [0.1, 0.15) is 11.0 Å². The number of hydrogen-bond donors (Lipinski definition) is 2. The average molecular weight is 483 g/mol. The average Bonchev–Trinajstić information content (AvgIpc) is 3.29. The summed E-state index contributed by atoms with van der Waals surface area (Å²) >= 11 is 2.15. The molecule has 2 amide bonds. The summed E-state index contributed by atoms with van der Waals surface area (Å²) in [4.78, 5) is 55.3. The zero-order valence-electron chi connectivity index (χ0n) is 17.3. The summed E-state index contributed by atoms with van der Waals surface area (Å²) in [6, 6.07) is 12.7. The number of phenolic OH excluding ortho intramolecular Hbond substituents is 1. The first-order valence-corrected chi connectivity index (χ1v) is 11.9. The highest BCUT2D eigenvalue weighted by atomic mass is 32.2. The van der Waals surface area contributed by atoms with E-state index in [4.69, 9.17) is 4.74 Å². The van der Waals surface area contributed by atoms with Crippen LogP contribution in [0.15, 0.2) is 58.4 Å². The Bertz CT molecular complexity index is 1330. The second-order valence-corrected chi connectivity index (χ2v) is 9.75. The Balaban J connectivity index is 1.56. The predicted molar refractivity (Wildman–Crippen MR) is 123 cm³/mol. The number of hydrogen-bond acceptors (Lipinski definition) is 8. The van der Waals surface area contributed by atoms with E-state index in [0.29, 0.717) is 26.7 Å². The van der Waals surface area contributed by atoms with Crippen molar-refractivity contribution in [2.24, 2.45) is 5.92 Å². The minimum atomic E-state index is -0.792. The molecule has 1 fully saturated rings. The molecule has 168 valence electrons. The zero-order valence-corrected chi connectivity index (χ0v) is 18.9. The molecular formula is C23H18N2O6S2. The molecule has 3 aromatic rings. The molecule has 3 atom stereocenters. The fourth-order valence-electron chi connectivity index (χ4n) is 4.32. The maximum atomic E-state index is 13.6. The lowest BCUT2D eigenvalue weighted by Gasteiger charge is -2.30. The number of aromatic hydroxyl groups is 1. The van der Waals surface area contributed by atoms with Crippen molar-refractivity contribution in [3.8, 4) is 5.75 Å². The number of H-pyrrole nitrogens is 1. The van der Waals surface area contributed by atoms with E-state index in [1.54, 1.807) is 25.1 Å². The lowest BCUT2D eigenvalue weighted by molar-refractivity contribution is -0.122. The van der Waals surface area contributed by atoms with Gasteiger partial charge in [0, 0.05) is 16.4 Å². The van der Waals surface area contributed by atoms with Gasteiger partial charge in [-0.1, -0.05) is 41.3 Å². The molecule has 33 heavy (non-hydrogen) atoms. The topological polar surface area (TPSA) is 117 Å². The Morgan fingerprint density at radius 1 is 1.09 bits per heavy atom. The Kier molecular flexibility index (Phi) is 5.34. The Morgan fingerprint density at radius 2 is 1.82 bits per heavy atom. The first-order valence-electron chi connectivity index (χ1n) is 10.2. The van der Waals surface area contributed by atoms with Crippen LogP contribution in [-0.4, -0.2) is 39.7 Å². The zero-order chi connectivity index (χ0) is 23.3. The molecular weight excluding hydrogens is 464 g/mol. The molecule has 5 rings (SSSR count). The van der Waals surface area contributed by atoms with Crippen molar-refractivity contribution in [2.75, 3.05) is 11.5 Å². The van der Waals surface area contributed by atoms with Crippen LogP contribution in [0.25, 0.3) is 0 Å². The van der Waals surface area contributed by atoms with Crippen LogP contribution >= 0.6 is 23.1 Å². The Hall–Kier alpha value is -3.37. The second-order valence-electron chi connectivity index (χ2n) is 7.59. The molecule has 0 saturated carbocycles. The minimum Gasteiger partial charge on any atom is -0.508 e. The normalized spacial score (nSPS) is 21.6. The van der Waals surface area contributed by atoms with Gasteiger partial charge < -0.3 is 14.8 Å². The number of ether oxygens (including phenoxy) is 1. The van der Waals surface area contributed by atoms with Crippen molar-refractivity contribution in [1.29, 1.82) is 0 Å². The number of thioether (sulfide) groups is 1. The lowest BCUT2D eigenvalue weighted by Crippen LogP contribution is -2.32. The number of anilines is 1. The number of aromatic nitrogens is 1. The fraction of sp³-hybridized carbons (Fsp3) is 0.217. The summed E-state index contributed by atoms with van der Waals surface area (Å²) in [6.07, 6.45) is 0. The van der Waals surface area contributed by atoms with Crippen LogP contribution in [0.1, 0.15) is 33.6 Å². The van der Waals surface area contributed by atoms with Gasteiger partial charge in [-0.05, 0) is 37.3 Å². The van der Waals surface area contributed by atoms with Gasteiger partial charge in [-0.25, -0.2) is 9.69 Å². The number of esters is 1. The van der Waals surface area contributed by atoms with E-state index in [2.05, 4.69) is 4.98 Å². The molecule has 10 heteroatoms. The standard InChI is InChI=1S/C23H18N2O6S2/c1-2-31-22(29)11-7-9-12(10-8-11)25-20(27)16-15(13-5-3-4-6-14(13)26)17-19(24-23(30)33-17)32-18(16)21(25)28/h3-10,15-16,18,26H,2H2,1H3,(H,24,30). The molecule has 0 bridgehead atoms. The van der Waals surface area contributed by atoms with Crippen LogP contribution in [0, 0.1) is 5.92 Å². The first-order chi connectivity index (χ1) is 15.9. The van der Waals surface area contributed by atoms with E-state index in [1.165, 1.54) is 30.3 Å². The van der Waals surface area contributed by atoms with Gasteiger partial charge >= 0.3 is 10.8 Å². The predicted octanol–water partition coefficient (Wildman–Crippen LogP) is 3.11. The quantitative estimate of drug-likeness (QED) is 0.433. The van der Waals surface area contributed by atoms with Crippen molar-refractivity contribution in [3.63, 3.8) is 0 Å². The van der Waals surface area contributed by atoms with Crippen LogP contribution in [0.2, 0.25) is 0 Å². The van der Waals surface area contributed by atoms with Crippen LogP contribution in [0.5, 0.6) is 5.75 Å². The van der Waals surface area contributed by atoms with Gasteiger partial charge in [-0.15, -0.1) is 0 Å². The maximum Gasteiger partial charge on any atom is 0.338 e. The van der Waals surface area contributed by atoms with Gasteiger partial charge in [-0.3, -0.25) is 14.4 Å². The second kappa shape index (κ2) is 8.20. The van der Waals surface area contributed by atoms with E-state index in [0.717, 1.165) is 28.0 Å². The van der Waals surface area contributed by atoms with Crippen molar-refractivity contribution >= 4 is 46.6 Å². The largest absolute Gasteiger partial charge is 0.508 e. The summed E-state index contributed by atoms with van der Waals surface area (Å²) in [7, 11) is 0. The molecule has 0 radical (unpaired) electrons. The number of thiazole rings is 1. The molecule has 3 unspecified atom stereocenters. The molecule has 2 aliphatic heterocycles. The monoisotopic (exact) mass is 482 g/mol. The third-order valence-corrected chi connectivity index (χ3v) is 8.13. The molecule has 8 nitrogen and oxygen atoms in total. The number of aromatic amines is 1. The van der Waals surface area contributed by atoms with Crippen molar-refractivity contribution < 1.29 is 24.2 Å². The van der Waals surface area contributed by atoms with Gasteiger partial charge in [-0.2, -0.15) is 0 Å². The smallest absolute Gasteiger partial charge is 0.338 e. The van der Waals surface area contributed by atoms with Crippen LogP contribution in [-0.2, 0) is 14.3 Å². The third kappa shape index (κ3) is 3.46. The summed E-state index contributed by atoms with van der Waals surface area (Å²) in [5.74, 6) is -2.74. The van der Waals surface area contributed by atoms with Gasteiger partial charge in [0.25, 0.3) is 0 Å². The number of para-hydroxylation sites is 1. The van der Waals surface area contributed by atoms with E-state index in [-0.39, 0.29) is 17.2 Å². The number of imide groups is 1. The fourth-order valence-corrected chi connectivity index (χ4v) is 6.82. The molecule has 0 aliphatic carbocycles. The number of rotatable bonds is 4. The summed E-state index contributed by atoms with van der Waals surface area (Å²) < 4.78 is 4.98. The molecule has 1 saturated heterocycles. The highest BCUT2D eigenvalue weighted by molar-refractivity contribution is 8.00. The molecule has 2 aliphatic rings. The van der Waals surface area contributed by atoms with E-state index < -0.39 is 34.9 Å². The molecule has 1 aromatic heterocycles. The number of benzene rings is 2. The molecule has 2 N–H and O–H groups in total. The molecule has 3 heterocycles. The van der Waals surface area contributed by atoms with Crippen LogP contribution in [0.3, 0.4) is 0 Å². The minimum absolute atomic E-state index is 0.00237. The van der Waals surface area contributed by atoms with Crippen molar-refractivity contribution in [3.05, 3.63) is 74.2 Å². The third-order valence-electron chi connectivity index (χ3n) is 5.73. The van der Waals surface area contributed by atoms with E-state index >= 15 is 0 Å². The Labute approximate surface area is 196 Å². The van der Waals surface area contributed by atoms with Crippen LogP contribution in [0.4, 0.5) is 5.69 Å². The van der Waals surface area contributed by atoms with E-state index in [1.807, 2.05) is 0 Å². The highest BCUT2D eigenvalue weighted by Crippen LogP contribution is 2.54. The van der Waals surface area contributed by atoms with Crippen LogP contribution < -0.4 is 9.77 Å². The number of carbonyl (C=O) groups is 3. The molecule has 2 aromatic carbocycles. The number of nitrogens with zero attached hydrogens (tertiary/aromatic N) is 1. The maximum absolute atomic E-state index is 13.6. The van der Waals surface area contributed by atoms with Gasteiger partial charge in [0.05, 0.1) is 28.8 Å². The van der Waals surface area contributed by atoms with E-state index in [9.17, 15) is 24.3 Å².